The van der Waals surface area contributed by atoms with Crippen molar-refractivity contribution in [2.24, 2.45) is 0 Å². The molecule has 4 rings (SSSR count). The second-order valence-electron chi connectivity index (χ2n) is 9.76. The Morgan fingerprint density at radius 1 is 0.886 bits per heavy atom. The van der Waals surface area contributed by atoms with Crippen molar-refractivity contribution in [1.82, 2.24) is 14.8 Å². The number of benzene rings is 2. The summed E-state index contributed by atoms with van der Waals surface area (Å²) >= 11 is 0. The van der Waals surface area contributed by atoms with Crippen molar-refractivity contribution >= 4 is 23.4 Å². The molecule has 2 heterocycles. The molecule has 0 saturated carbocycles. The fourth-order valence-corrected chi connectivity index (χ4v) is 4.23. The molecule has 0 atom stereocenters. The van der Waals surface area contributed by atoms with Crippen molar-refractivity contribution in [2.45, 2.75) is 32.9 Å². The Labute approximate surface area is 207 Å². The summed E-state index contributed by atoms with van der Waals surface area (Å²) in [6.45, 7) is 9.79. The minimum absolute atomic E-state index is 0.0283. The summed E-state index contributed by atoms with van der Waals surface area (Å²) in [5.41, 5.74) is 2.02. The van der Waals surface area contributed by atoms with Crippen molar-refractivity contribution in [3.63, 3.8) is 0 Å². The fraction of sp³-hybridized carbons (Fsp3) is 0.321. The van der Waals surface area contributed by atoms with Gasteiger partial charge < -0.3 is 10.2 Å². The molecule has 0 spiro atoms. The van der Waals surface area contributed by atoms with E-state index in [0.29, 0.717) is 30.2 Å². The second-order valence-corrected chi connectivity index (χ2v) is 9.76. The van der Waals surface area contributed by atoms with E-state index in [1.165, 1.54) is 5.56 Å². The van der Waals surface area contributed by atoms with E-state index in [-0.39, 0.29) is 11.9 Å². The van der Waals surface area contributed by atoms with E-state index in [1.54, 1.807) is 23.2 Å². The minimum atomic E-state index is -0.507. The van der Waals surface area contributed by atoms with Gasteiger partial charge in [-0.15, -0.1) is 0 Å². The van der Waals surface area contributed by atoms with E-state index < -0.39 is 5.54 Å². The summed E-state index contributed by atoms with van der Waals surface area (Å²) in [5, 5.41) is 2.92. The van der Waals surface area contributed by atoms with Gasteiger partial charge in [0.1, 0.15) is 5.82 Å². The number of nitrogens with zero attached hydrogens (tertiary/aromatic N) is 4. The van der Waals surface area contributed by atoms with Gasteiger partial charge in [-0.05, 0) is 50.6 Å². The maximum atomic E-state index is 13.1. The molecule has 35 heavy (non-hydrogen) atoms. The molecule has 182 valence electrons. The molecule has 0 radical (unpaired) electrons. The summed E-state index contributed by atoms with van der Waals surface area (Å²) in [6, 6.07) is 22.9. The molecule has 1 N–H and O–H groups in total. The van der Waals surface area contributed by atoms with E-state index in [1.807, 2.05) is 62.1 Å². The highest BCUT2D eigenvalue weighted by Gasteiger charge is 2.30. The van der Waals surface area contributed by atoms with Crippen LogP contribution < -0.4 is 10.2 Å². The van der Waals surface area contributed by atoms with Crippen LogP contribution in [0.15, 0.2) is 79.0 Å². The lowest BCUT2D eigenvalue weighted by atomic mass is 10.1. The number of carbonyl (C=O) groups excluding carboxylic acids is 2. The number of aromatic nitrogens is 1. The molecule has 7 nitrogen and oxygen atoms in total. The van der Waals surface area contributed by atoms with Crippen LogP contribution in [-0.2, 0) is 6.54 Å². The zero-order valence-corrected chi connectivity index (χ0v) is 20.6. The van der Waals surface area contributed by atoms with Crippen molar-refractivity contribution in [3.05, 3.63) is 90.1 Å². The molecule has 1 aliphatic heterocycles. The highest BCUT2D eigenvalue weighted by Crippen LogP contribution is 2.24. The van der Waals surface area contributed by atoms with Crippen LogP contribution in [0.1, 0.15) is 36.7 Å². The number of hydrogen-bond donors (Lipinski definition) is 1. The quantitative estimate of drug-likeness (QED) is 0.576. The number of anilines is 2. The number of nitrogens with one attached hydrogen (secondary N) is 1. The smallest absolute Gasteiger partial charge is 0.328 e. The molecule has 1 saturated heterocycles. The molecule has 3 amide bonds. The number of carbonyl (C=O) groups is 2. The van der Waals surface area contributed by atoms with E-state index in [0.717, 1.165) is 19.6 Å². The van der Waals surface area contributed by atoms with Gasteiger partial charge in [-0.1, -0.05) is 48.5 Å². The van der Waals surface area contributed by atoms with Gasteiger partial charge >= 0.3 is 6.03 Å². The van der Waals surface area contributed by atoms with Gasteiger partial charge in [-0.25, -0.2) is 9.78 Å². The first-order valence-corrected chi connectivity index (χ1v) is 12.0. The first-order chi connectivity index (χ1) is 16.8. The van der Waals surface area contributed by atoms with Gasteiger partial charge in [0.2, 0.25) is 0 Å². The van der Waals surface area contributed by atoms with Crippen molar-refractivity contribution in [3.8, 4) is 0 Å². The molecule has 0 bridgehead atoms. The lowest BCUT2D eigenvalue weighted by molar-refractivity contribution is 0.0628. The van der Waals surface area contributed by atoms with Crippen LogP contribution in [0.5, 0.6) is 0 Å². The average molecular weight is 472 g/mol. The zero-order chi connectivity index (χ0) is 24.8. The van der Waals surface area contributed by atoms with Crippen LogP contribution in [0.4, 0.5) is 16.3 Å². The molecule has 0 unspecified atom stereocenters. The lowest BCUT2D eigenvalue weighted by Gasteiger charge is -2.35. The first-order valence-electron chi connectivity index (χ1n) is 12.0. The minimum Gasteiger partial charge on any atom is -0.336 e. The Morgan fingerprint density at radius 3 is 2.09 bits per heavy atom. The Balaban J connectivity index is 1.39. The monoisotopic (exact) mass is 471 g/mol. The van der Waals surface area contributed by atoms with Gasteiger partial charge in [0.25, 0.3) is 5.91 Å². The summed E-state index contributed by atoms with van der Waals surface area (Å²) in [7, 11) is 0. The van der Waals surface area contributed by atoms with Crippen LogP contribution in [0.25, 0.3) is 0 Å². The normalized spacial score (nSPS) is 14.4. The molecular weight excluding hydrogens is 438 g/mol. The third-order valence-corrected chi connectivity index (χ3v) is 6.03. The van der Waals surface area contributed by atoms with E-state index in [2.05, 4.69) is 39.5 Å². The van der Waals surface area contributed by atoms with Crippen LogP contribution in [0.3, 0.4) is 0 Å². The standard InChI is InChI=1S/C28H33N5O2/c1-28(2,3)33(27(35)30-24-12-8-5-9-13-24)25-15-14-23(20-29-25)26(34)32-18-16-31(17-19-32)21-22-10-6-4-7-11-22/h4-15,20H,16-19,21H2,1-3H3,(H,30,35). The number of pyridine rings is 1. The number of para-hydroxylation sites is 1. The summed E-state index contributed by atoms with van der Waals surface area (Å²) < 4.78 is 0. The van der Waals surface area contributed by atoms with E-state index >= 15 is 0 Å². The molecular formula is C28H33N5O2. The maximum Gasteiger partial charge on any atom is 0.328 e. The number of hydrogen-bond acceptors (Lipinski definition) is 4. The summed E-state index contributed by atoms with van der Waals surface area (Å²) in [5.74, 6) is 0.467. The highest BCUT2D eigenvalue weighted by atomic mass is 16.2. The largest absolute Gasteiger partial charge is 0.336 e. The van der Waals surface area contributed by atoms with Gasteiger partial charge in [0.15, 0.2) is 0 Å². The number of urea groups is 1. The van der Waals surface area contributed by atoms with E-state index in [9.17, 15) is 9.59 Å². The molecule has 7 heteroatoms. The zero-order valence-electron chi connectivity index (χ0n) is 20.6. The van der Waals surface area contributed by atoms with Crippen molar-refractivity contribution < 1.29 is 9.59 Å². The molecule has 2 aromatic carbocycles. The van der Waals surface area contributed by atoms with Crippen LogP contribution >= 0.6 is 0 Å². The molecule has 1 aliphatic rings. The Kier molecular flexibility index (Phi) is 7.46. The first kappa shape index (κ1) is 24.4. The Hall–Kier alpha value is -3.71. The van der Waals surface area contributed by atoms with Crippen LogP contribution in [-0.4, -0.2) is 58.4 Å². The maximum absolute atomic E-state index is 13.1. The number of rotatable bonds is 5. The number of amides is 3. The summed E-state index contributed by atoms with van der Waals surface area (Å²) in [6.07, 6.45) is 1.57. The second kappa shape index (κ2) is 10.7. The topological polar surface area (TPSA) is 68.8 Å². The molecule has 0 aliphatic carbocycles. The predicted octanol–water partition coefficient (Wildman–Crippen LogP) is 4.88. The van der Waals surface area contributed by atoms with Crippen LogP contribution in [0.2, 0.25) is 0 Å². The van der Waals surface area contributed by atoms with Crippen LogP contribution in [0, 0.1) is 0 Å². The third kappa shape index (κ3) is 6.25. The van der Waals surface area contributed by atoms with Crippen molar-refractivity contribution in [2.75, 3.05) is 36.4 Å². The molecule has 1 fully saturated rings. The van der Waals surface area contributed by atoms with Gasteiger partial charge in [-0.2, -0.15) is 0 Å². The third-order valence-electron chi connectivity index (χ3n) is 6.03. The van der Waals surface area contributed by atoms with Gasteiger partial charge in [0, 0.05) is 50.1 Å². The molecule has 3 aromatic rings. The van der Waals surface area contributed by atoms with Gasteiger partial charge in [-0.3, -0.25) is 14.6 Å². The summed E-state index contributed by atoms with van der Waals surface area (Å²) in [4.78, 5) is 36.5. The van der Waals surface area contributed by atoms with E-state index in [4.69, 9.17) is 0 Å². The fourth-order valence-electron chi connectivity index (χ4n) is 4.23. The Bertz CT molecular complexity index is 1120. The lowest BCUT2D eigenvalue weighted by Crippen LogP contribution is -2.49. The molecule has 1 aromatic heterocycles. The number of piperazine rings is 1. The average Bonchev–Trinajstić information content (AvgIpc) is 2.85. The van der Waals surface area contributed by atoms with Gasteiger partial charge in [0.05, 0.1) is 5.56 Å². The SMILES string of the molecule is CC(C)(C)N(C(=O)Nc1ccccc1)c1ccc(C(=O)N2CCN(Cc3ccccc3)CC2)cn1. The Morgan fingerprint density at radius 2 is 1.51 bits per heavy atom. The predicted molar refractivity (Wildman–Crippen MR) is 140 cm³/mol. The highest BCUT2D eigenvalue weighted by molar-refractivity contribution is 6.02. The van der Waals surface area contributed by atoms with Crippen molar-refractivity contribution in [1.29, 1.82) is 0 Å².